The summed E-state index contributed by atoms with van der Waals surface area (Å²) >= 11 is 0. The van der Waals surface area contributed by atoms with Crippen molar-refractivity contribution in [1.82, 2.24) is 10.6 Å². The zero-order chi connectivity index (χ0) is 26.7. The van der Waals surface area contributed by atoms with Gasteiger partial charge >= 0.3 is 0 Å². The van der Waals surface area contributed by atoms with Crippen molar-refractivity contribution in [2.75, 3.05) is 6.79 Å². The summed E-state index contributed by atoms with van der Waals surface area (Å²) in [6.07, 6.45) is 2.15. The van der Waals surface area contributed by atoms with Gasteiger partial charge in [0.15, 0.2) is 11.5 Å². The van der Waals surface area contributed by atoms with Gasteiger partial charge < -0.3 is 20.1 Å². The predicted molar refractivity (Wildman–Crippen MR) is 140 cm³/mol. The summed E-state index contributed by atoms with van der Waals surface area (Å²) in [5.41, 5.74) is 2.99. The molecule has 1 saturated carbocycles. The molecule has 10 heteroatoms. The van der Waals surface area contributed by atoms with Gasteiger partial charge in [-0.25, -0.2) is 13.6 Å². The highest BCUT2D eigenvalue weighted by Crippen LogP contribution is 2.34. The number of rotatable bonds is 8. The molecule has 198 valence electrons. The number of sulfonamides is 1. The molecule has 0 spiro atoms. The molecule has 2 amide bonds. The largest absolute Gasteiger partial charge is 0.454 e. The quantitative estimate of drug-likeness (QED) is 0.406. The molecule has 1 aliphatic heterocycles. The fourth-order valence-corrected chi connectivity index (χ4v) is 5.80. The Morgan fingerprint density at radius 3 is 2.11 bits per heavy atom. The Kier molecular flexibility index (Phi) is 7.35. The van der Waals surface area contributed by atoms with E-state index < -0.39 is 10.0 Å². The highest BCUT2D eigenvalue weighted by molar-refractivity contribution is 7.89. The minimum atomic E-state index is -3.86. The Morgan fingerprint density at radius 1 is 0.816 bits per heavy atom. The van der Waals surface area contributed by atoms with Crippen molar-refractivity contribution < 1.29 is 27.5 Å². The van der Waals surface area contributed by atoms with Crippen LogP contribution in [0.1, 0.15) is 30.4 Å². The number of benzene rings is 3. The van der Waals surface area contributed by atoms with Gasteiger partial charge in [0.1, 0.15) is 0 Å². The first-order chi connectivity index (χ1) is 18.3. The third kappa shape index (κ3) is 5.66. The first-order valence-corrected chi connectivity index (χ1v) is 14.0. The predicted octanol–water partition coefficient (Wildman–Crippen LogP) is 3.08. The van der Waals surface area contributed by atoms with E-state index in [4.69, 9.17) is 14.6 Å². The van der Waals surface area contributed by atoms with Crippen molar-refractivity contribution in [3.05, 3.63) is 77.9 Å². The standard InChI is InChI=1S/C28H29N3O6S/c29-38(34,35)26-7-2-1-4-21(26)20-11-8-18(9-12-20)15-30-27(32)22-5-3-6-23(22)28(33)31-16-19-10-13-24-25(14-19)37-17-36-24/h1-2,4,7-14,22-23H,3,5-6,15-17H2,(H,30,32)(H,31,33)(H2,29,34,35)/t22-,23-/m1/s1. The van der Waals surface area contributed by atoms with Crippen LogP contribution in [0.15, 0.2) is 71.6 Å². The van der Waals surface area contributed by atoms with Crippen LogP contribution in [0, 0.1) is 11.8 Å². The molecule has 5 rings (SSSR count). The van der Waals surface area contributed by atoms with Gasteiger partial charge in [-0.1, -0.05) is 55.0 Å². The van der Waals surface area contributed by atoms with E-state index in [1.165, 1.54) is 6.07 Å². The molecular weight excluding hydrogens is 506 g/mol. The molecule has 1 heterocycles. The number of nitrogens with one attached hydrogen (secondary N) is 2. The van der Waals surface area contributed by atoms with Crippen LogP contribution in [0.25, 0.3) is 11.1 Å². The SMILES string of the molecule is NS(=O)(=O)c1ccccc1-c1ccc(CNC(=O)[C@@H]2CCC[C@H]2C(=O)NCc2ccc3c(c2)OCO3)cc1. The smallest absolute Gasteiger partial charge is 0.238 e. The number of amides is 2. The van der Waals surface area contributed by atoms with E-state index >= 15 is 0 Å². The molecule has 0 aromatic heterocycles. The first-order valence-electron chi connectivity index (χ1n) is 12.4. The van der Waals surface area contributed by atoms with E-state index in [0.29, 0.717) is 48.6 Å². The van der Waals surface area contributed by atoms with E-state index in [9.17, 15) is 18.0 Å². The van der Waals surface area contributed by atoms with E-state index in [2.05, 4.69) is 10.6 Å². The second-order valence-corrected chi connectivity index (χ2v) is 11.0. The number of hydrogen-bond acceptors (Lipinski definition) is 6. The second kappa shape index (κ2) is 10.8. The third-order valence-electron chi connectivity index (χ3n) is 7.02. The first kappa shape index (κ1) is 25.7. The lowest BCUT2D eigenvalue weighted by atomic mass is 9.94. The lowest BCUT2D eigenvalue weighted by Gasteiger charge is -2.19. The van der Waals surface area contributed by atoms with Crippen LogP contribution in [0.3, 0.4) is 0 Å². The average Bonchev–Trinajstić information content (AvgIpc) is 3.60. The number of fused-ring (bicyclic) bond motifs is 1. The molecule has 3 aromatic carbocycles. The maximum Gasteiger partial charge on any atom is 0.238 e. The molecule has 0 radical (unpaired) electrons. The summed E-state index contributed by atoms with van der Waals surface area (Å²) < 4.78 is 34.5. The molecule has 0 bridgehead atoms. The number of carbonyl (C=O) groups excluding carboxylic acids is 2. The number of nitrogens with two attached hydrogens (primary N) is 1. The summed E-state index contributed by atoms with van der Waals surface area (Å²) in [5, 5.41) is 11.3. The van der Waals surface area contributed by atoms with Crippen molar-refractivity contribution in [2.45, 2.75) is 37.2 Å². The van der Waals surface area contributed by atoms with Gasteiger partial charge in [-0.05, 0) is 47.7 Å². The molecule has 3 aromatic rings. The molecule has 2 atom stereocenters. The Bertz CT molecular complexity index is 1460. The summed E-state index contributed by atoms with van der Waals surface area (Å²) in [6, 6.07) is 19.4. The number of ether oxygens (including phenoxy) is 2. The lowest BCUT2D eigenvalue weighted by Crippen LogP contribution is -2.39. The van der Waals surface area contributed by atoms with Gasteiger partial charge in [-0.3, -0.25) is 9.59 Å². The van der Waals surface area contributed by atoms with Gasteiger partial charge in [0.25, 0.3) is 0 Å². The van der Waals surface area contributed by atoms with Crippen molar-refractivity contribution in [1.29, 1.82) is 0 Å². The minimum Gasteiger partial charge on any atom is -0.454 e. The van der Waals surface area contributed by atoms with Gasteiger partial charge in [0, 0.05) is 30.5 Å². The molecule has 9 nitrogen and oxygen atoms in total. The molecule has 1 aliphatic carbocycles. The maximum absolute atomic E-state index is 13.0. The van der Waals surface area contributed by atoms with E-state index in [0.717, 1.165) is 17.5 Å². The normalized spacial score (nSPS) is 18.2. The zero-order valence-corrected chi connectivity index (χ0v) is 21.5. The Morgan fingerprint density at radius 2 is 1.42 bits per heavy atom. The second-order valence-electron chi connectivity index (χ2n) is 9.51. The van der Waals surface area contributed by atoms with E-state index in [-0.39, 0.29) is 35.3 Å². The van der Waals surface area contributed by atoms with Crippen molar-refractivity contribution >= 4 is 21.8 Å². The maximum atomic E-state index is 13.0. The van der Waals surface area contributed by atoms with Gasteiger partial charge in [0.05, 0.1) is 4.90 Å². The average molecular weight is 536 g/mol. The Hall–Kier alpha value is -3.89. The van der Waals surface area contributed by atoms with Crippen LogP contribution in [-0.4, -0.2) is 27.0 Å². The summed E-state index contributed by atoms with van der Waals surface area (Å²) in [4.78, 5) is 26.0. The van der Waals surface area contributed by atoms with Crippen molar-refractivity contribution in [3.8, 4) is 22.6 Å². The Labute approximate surface area is 221 Å². The molecule has 0 unspecified atom stereocenters. The van der Waals surface area contributed by atoms with Gasteiger partial charge in [0.2, 0.25) is 28.6 Å². The molecular formula is C28H29N3O6S. The number of primary sulfonamides is 1. The molecule has 38 heavy (non-hydrogen) atoms. The van der Waals surface area contributed by atoms with Gasteiger partial charge in [-0.15, -0.1) is 0 Å². The minimum absolute atomic E-state index is 0.0603. The lowest BCUT2D eigenvalue weighted by molar-refractivity contribution is -0.133. The highest BCUT2D eigenvalue weighted by atomic mass is 32.2. The molecule has 2 aliphatic rings. The van der Waals surface area contributed by atoms with Crippen LogP contribution < -0.4 is 25.2 Å². The van der Waals surface area contributed by atoms with E-state index in [1.54, 1.807) is 30.3 Å². The van der Waals surface area contributed by atoms with E-state index in [1.807, 2.05) is 30.3 Å². The topological polar surface area (TPSA) is 137 Å². The molecule has 0 saturated heterocycles. The van der Waals surface area contributed by atoms with Crippen LogP contribution in [-0.2, 0) is 32.7 Å². The molecule has 4 N–H and O–H groups in total. The summed E-state index contributed by atoms with van der Waals surface area (Å²) in [7, 11) is -3.86. The van der Waals surface area contributed by atoms with Crippen LogP contribution >= 0.6 is 0 Å². The number of carbonyl (C=O) groups is 2. The van der Waals surface area contributed by atoms with Crippen molar-refractivity contribution in [3.63, 3.8) is 0 Å². The van der Waals surface area contributed by atoms with Crippen LogP contribution in [0.4, 0.5) is 0 Å². The zero-order valence-electron chi connectivity index (χ0n) is 20.7. The molecule has 1 fully saturated rings. The Balaban J connectivity index is 1.16. The fourth-order valence-electron chi connectivity index (χ4n) is 5.03. The third-order valence-corrected chi connectivity index (χ3v) is 7.99. The number of hydrogen-bond donors (Lipinski definition) is 3. The monoisotopic (exact) mass is 535 g/mol. The fraction of sp³-hybridized carbons (Fsp3) is 0.286. The summed E-state index contributed by atoms with van der Waals surface area (Å²) in [5.74, 6) is 0.327. The van der Waals surface area contributed by atoms with Crippen LogP contribution in [0.2, 0.25) is 0 Å². The van der Waals surface area contributed by atoms with Gasteiger partial charge in [-0.2, -0.15) is 0 Å². The highest BCUT2D eigenvalue weighted by Gasteiger charge is 2.37. The van der Waals surface area contributed by atoms with Crippen LogP contribution in [0.5, 0.6) is 11.5 Å². The van der Waals surface area contributed by atoms with Crippen molar-refractivity contribution in [2.24, 2.45) is 17.0 Å². The summed E-state index contributed by atoms with van der Waals surface area (Å²) in [6.45, 7) is 0.847.